The van der Waals surface area contributed by atoms with Crippen LogP contribution in [0.25, 0.3) is 0 Å². The minimum Gasteiger partial charge on any atom is -0.481 e. The van der Waals surface area contributed by atoms with Crippen molar-refractivity contribution in [3.05, 3.63) is 0 Å². The monoisotopic (exact) mass is 548 g/mol. The van der Waals surface area contributed by atoms with Crippen LogP contribution in [-0.4, -0.2) is 95.1 Å². The van der Waals surface area contributed by atoms with E-state index in [9.17, 15) is 29.1 Å². The van der Waals surface area contributed by atoms with Crippen molar-refractivity contribution in [2.24, 2.45) is 27.9 Å². The van der Waals surface area contributed by atoms with Gasteiger partial charge >= 0.3 is 11.9 Å². The predicted octanol–water partition coefficient (Wildman–Crippen LogP) is -2.74. The van der Waals surface area contributed by atoms with Crippen LogP contribution in [0.4, 0.5) is 0 Å². The Morgan fingerprint density at radius 1 is 0.838 bits per heavy atom. The van der Waals surface area contributed by atoms with Gasteiger partial charge in [-0.25, -0.2) is 4.79 Å². The number of carbonyl (C=O) groups excluding carboxylic acids is 3. The molecule has 4 atom stereocenters. The van der Waals surface area contributed by atoms with E-state index in [1.165, 1.54) is 11.8 Å². The fraction of sp³-hybridized carbons (Fsp3) is 0.714. The van der Waals surface area contributed by atoms with Gasteiger partial charge in [-0.3, -0.25) is 24.2 Å². The normalized spacial score (nSPS) is 13.9. The van der Waals surface area contributed by atoms with Crippen LogP contribution in [0.2, 0.25) is 0 Å². The Morgan fingerprint density at radius 2 is 1.41 bits per heavy atom. The second-order valence-corrected chi connectivity index (χ2v) is 9.23. The minimum atomic E-state index is -1.68. The molecule has 16 heteroatoms. The lowest BCUT2D eigenvalue weighted by atomic mass is 10.1. The Labute approximate surface area is 219 Å². The van der Waals surface area contributed by atoms with Crippen molar-refractivity contribution in [2.75, 3.05) is 25.1 Å². The number of rotatable bonds is 20. The molecule has 0 bridgehead atoms. The molecule has 0 heterocycles. The van der Waals surface area contributed by atoms with Crippen molar-refractivity contribution in [1.29, 1.82) is 0 Å². The SMILES string of the molecule is CSCCC(NC(=O)C(N)CCCN=C(N)N)C(=O)NC(CCCCN)C(=O)NC(CC(=O)O)C(=O)O. The first-order chi connectivity index (χ1) is 17.4. The van der Waals surface area contributed by atoms with Crippen molar-refractivity contribution >= 4 is 47.4 Å². The molecule has 0 saturated heterocycles. The number of thioether (sulfide) groups is 1. The zero-order valence-corrected chi connectivity index (χ0v) is 21.8. The molecule has 13 N–H and O–H groups in total. The van der Waals surface area contributed by atoms with Crippen molar-refractivity contribution in [2.45, 2.75) is 69.1 Å². The third-order valence-electron chi connectivity index (χ3n) is 5.12. The quantitative estimate of drug-likeness (QED) is 0.0425. The van der Waals surface area contributed by atoms with E-state index in [0.717, 1.165) is 0 Å². The summed E-state index contributed by atoms with van der Waals surface area (Å²) < 4.78 is 0. The van der Waals surface area contributed by atoms with Gasteiger partial charge in [0.25, 0.3) is 0 Å². The number of hydrogen-bond donors (Lipinski definition) is 9. The molecule has 0 aromatic rings. The molecule has 37 heavy (non-hydrogen) atoms. The highest BCUT2D eigenvalue weighted by atomic mass is 32.2. The lowest BCUT2D eigenvalue weighted by molar-refractivity contribution is -0.147. The van der Waals surface area contributed by atoms with Crippen LogP contribution in [0.5, 0.6) is 0 Å². The van der Waals surface area contributed by atoms with E-state index in [-0.39, 0.29) is 25.2 Å². The fourth-order valence-electron chi connectivity index (χ4n) is 3.11. The third kappa shape index (κ3) is 15.6. The van der Waals surface area contributed by atoms with Gasteiger partial charge in [-0.15, -0.1) is 0 Å². The summed E-state index contributed by atoms with van der Waals surface area (Å²) in [5.74, 6) is -4.58. The number of hydrogen-bond acceptors (Lipinski definition) is 9. The first kappa shape index (κ1) is 33.9. The van der Waals surface area contributed by atoms with E-state index in [4.69, 9.17) is 28.0 Å². The topological polar surface area (TPSA) is 278 Å². The van der Waals surface area contributed by atoms with Crippen LogP contribution in [0.1, 0.15) is 44.9 Å². The number of nitrogens with two attached hydrogens (primary N) is 4. The van der Waals surface area contributed by atoms with Crippen LogP contribution in [-0.2, 0) is 24.0 Å². The second-order valence-electron chi connectivity index (χ2n) is 8.24. The second kappa shape index (κ2) is 19.1. The Kier molecular flexibility index (Phi) is 17.5. The van der Waals surface area contributed by atoms with Crippen LogP contribution in [0.3, 0.4) is 0 Å². The largest absolute Gasteiger partial charge is 0.481 e. The van der Waals surface area contributed by atoms with Gasteiger partial charge in [0, 0.05) is 6.54 Å². The Morgan fingerprint density at radius 3 is 1.92 bits per heavy atom. The van der Waals surface area contributed by atoms with Crippen molar-refractivity contribution < 1.29 is 34.2 Å². The number of guanidine groups is 1. The molecule has 3 amide bonds. The van der Waals surface area contributed by atoms with Crippen LogP contribution in [0.15, 0.2) is 4.99 Å². The van der Waals surface area contributed by atoms with E-state index in [1.54, 1.807) is 0 Å². The van der Waals surface area contributed by atoms with E-state index in [2.05, 4.69) is 20.9 Å². The summed E-state index contributed by atoms with van der Waals surface area (Å²) in [4.78, 5) is 64.5. The smallest absolute Gasteiger partial charge is 0.326 e. The minimum absolute atomic E-state index is 0.0745. The van der Waals surface area contributed by atoms with Gasteiger partial charge < -0.3 is 49.1 Å². The number of carbonyl (C=O) groups is 5. The van der Waals surface area contributed by atoms with Crippen molar-refractivity contribution in [1.82, 2.24) is 16.0 Å². The molecule has 15 nitrogen and oxygen atoms in total. The highest BCUT2D eigenvalue weighted by Gasteiger charge is 2.30. The van der Waals surface area contributed by atoms with Crippen molar-refractivity contribution in [3.63, 3.8) is 0 Å². The molecule has 4 unspecified atom stereocenters. The first-order valence-corrected chi connectivity index (χ1v) is 13.2. The fourth-order valence-corrected chi connectivity index (χ4v) is 3.59. The summed E-state index contributed by atoms with van der Waals surface area (Å²) in [6.45, 7) is 0.630. The van der Waals surface area contributed by atoms with Gasteiger partial charge in [-0.2, -0.15) is 11.8 Å². The Bertz CT molecular complexity index is 795. The number of carboxylic acids is 2. The zero-order valence-electron chi connectivity index (χ0n) is 21.0. The molecule has 0 radical (unpaired) electrons. The summed E-state index contributed by atoms with van der Waals surface area (Å²) in [6, 6.07) is -4.78. The molecule has 0 aliphatic rings. The number of aliphatic carboxylic acids is 2. The molecule has 212 valence electrons. The zero-order chi connectivity index (χ0) is 28.4. The molecule has 0 saturated carbocycles. The first-order valence-electron chi connectivity index (χ1n) is 11.8. The molecule has 0 rings (SSSR count). The van der Waals surface area contributed by atoms with Crippen LogP contribution >= 0.6 is 11.8 Å². The third-order valence-corrected chi connectivity index (χ3v) is 5.77. The van der Waals surface area contributed by atoms with Gasteiger partial charge in [0.15, 0.2) is 5.96 Å². The molecule has 0 aliphatic heterocycles. The molecule has 0 aromatic carbocycles. The van der Waals surface area contributed by atoms with Gasteiger partial charge in [0.05, 0.1) is 12.5 Å². The maximum absolute atomic E-state index is 13.1. The lowest BCUT2D eigenvalue weighted by Crippen LogP contribution is -2.57. The van der Waals surface area contributed by atoms with E-state index >= 15 is 0 Å². The molecule has 0 spiro atoms. The summed E-state index contributed by atoms with van der Waals surface area (Å²) in [5, 5.41) is 25.4. The molecule has 0 aromatic heterocycles. The number of nitrogens with zero attached hydrogens (tertiary/aromatic N) is 1. The summed E-state index contributed by atoms with van der Waals surface area (Å²) >= 11 is 1.45. The van der Waals surface area contributed by atoms with Gasteiger partial charge in [0.2, 0.25) is 17.7 Å². The van der Waals surface area contributed by atoms with E-state index < -0.39 is 60.2 Å². The summed E-state index contributed by atoms with van der Waals surface area (Å²) in [7, 11) is 0. The van der Waals surface area contributed by atoms with Gasteiger partial charge in [-0.05, 0) is 57.1 Å². The lowest BCUT2D eigenvalue weighted by Gasteiger charge is -2.25. The highest BCUT2D eigenvalue weighted by molar-refractivity contribution is 7.98. The number of aliphatic imine (C=N–C) groups is 1. The maximum Gasteiger partial charge on any atom is 0.326 e. The Hall–Kier alpha value is -3.11. The average molecular weight is 549 g/mol. The number of nitrogens with one attached hydrogen (secondary N) is 3. The average Bonchev–Trinajstić information content (AvgIpc) is 2.82. The van der Waals surface area contributed by atoms with Gasteiger partial charge in [0.1, 0.15) is 18.1 Å². The molecular formula is C21H40N8O7S. The van der Waals surface area contributed by atoms with Crippen LogP contribution < -0.4 is 38.9 Å². The van der Waals surface area contributed by atoms with Crippen molar-refractivity contribution in [3.8, 4) is 0 Å². The highest BCUT2D eigenvalue weighted by Crippen LogP contribution is 2.07. The summed E-state index contributed by atoms with van der Waals surface area (Å²) in [6.07, 6.45) is 3.05. The molecular weight excluding hydrogens is 508 g/mol. The number of amides is 3. The summed E-state index contributed by atoms with van der Waals surface area (Å²) in [5.41, 5.74) is 21.9. The number of unbranched alkanes of at least 4 members (excludes halogenated alkanes) is 1. The standard InChI is InChI=1S/C21H40N8O7S/c1-37-10-7-14(27-17(32)12(23)5-4-9-26-21(24)25)19(34)28-13(6-2-3-8-22)18(33)29-15(20(35)36)11-16(30)31/h12-15H,2-11,22-23H2,1H3,(H,27,32)(H,28,34)(H,29,33)(H,30,31)(H,35,36)(H4,24,25,26). The van der Waals surface area contributed by atoms with E-state index in [1.807, 2.05) is 6.26 Å². The molecule has 0 fully saturated rings. The number of carboxylic acid groups (broad SMARTS) is 2. The van der Waals surface area contributed by atoms with Crippen LogP contribution in [0, 0.1) is 0 Å². The predicted molar refractivity (Wildman–Crippen MR) is 139 cm³/mol. The maximum atomic E-state index is 13.1. The van der Waals surface area contributed by atoms with E-state index in [0.29, 0.717) is 38.1 Å². The molecule has 0 aliphatic carbocycles. The van der Waals surface area contributed by atoms with Gasteiger partial charge in [-0.1, -0.05) is 0 Å². The Balaban J connectivity index is 5.41.